The zero-order valence-electron chi connectivity index (χ0n) is 16.9. The number of hydrogen-bond donors (Lipinski definition) is 1. The van der Waals surface area contributed by atoms with Gasteiger partial charge in [0.15, 0.2) is 0 Å². The van der Waals surface area contributed by atoms with Crippen molar-refractivity contribution < 1.29 is 4.79 Å². The van der Waals surface area contributed by atoms with Gasteiger partial charge in [-0.05, 0) is 68.6 Å². The van der Waals surface area contributed by atoms with Crippen LogP contribution in [0.3, 0.4) is 0 Å². The second-order valence-electron chi connectivity index (χ2n) is 7.72. The lowest BCUT2D eigenvalue weighted by Crippen LogP contribution is -2.40. The predicted molar refractivity (Wildman–Crippen MR) is 122 cm³/mol. The summed E-state index contributed by atoms with van der Waals surface area (Å²) in [5, 5.41) is 4.27. The van der Waals surface area contributed by atoms with Crippen molar-refractivity contribution in [3.05, 3.63) is 64.1 Å². The van der Waals surface area contributed by atoms with Gasteiger partial charge in [0.25, 0.3) is 0 Å². The Balaban J connectivity index is 1.63. The van der Waals surface area contributed by atoms with Crippen LogP contribution in [0.15, 0.2) is 48.5 Å². The van der Waals surface area contributed by atoms with Gasteiger partial charge in [-0.1, -0.05) is 47.8 Å². The molecule has 0 saturated carbocycles. The maximum absolute atomic E-state index is 13.0. The van der Waals surface area contributed by atoms with E-state index in [0.29, 0.717) is 34.9 Å². The molecule has 1 unspecified atom stereocenters. The number of anilines is 1. The Labute approximate surface area is 183 Å². The van der Waals surface area contributed by atoms with E-state index in [1.54, 1.807) is 12.1 Å². The molecule has 156 valence electrons. The molecule has 1 heterocycles. The molecule has 0 aliphatic carbocycles. The van der Waals surface area contributed by atoms with E-state index in [2.05, 4.69) is 17.1 Å². The fourth-order valence-electron chi connectivity index (χ4n) is 3.79. The van der Waals surface area contributed by atoms with Crippen LogP contribution >= 0.6 is 23.2 Å². The van der Waals surface area contributed by atoms with E-state index < -0.39 is 0 Å². The molecule has 1 aliphatic heterocycles. The summed E-state index contributed by atoms with van der Waals surface area (Å²) in [5.74, 6) is 0. The summed E-state index contributed by atoms with van der Waals surface area (Å²) in [5.41, 5.74) is 1.76. The minimum atomic E-state index is -0.117. The zero-order valence-corrected chi connectivity index (χ0v) is 18.4. The smallest absolute Gasteiger partial charge is 0.320 e. The third kappa shape index (κ3) is 6.91. The summed E-state index contributed by atoms with van der Waals surface area (Å²) < 4.78 is 0. The SMILES string of the molecule is CC1CCCCN1CCCN(Cc1ccc(Cl)cc1)C(=O)Nc1cccc(Cl)c1. The van der Waals surface area contributed by atoms with Crippen LogP contribution in [-0.4, -0.2) is 41.5 Å². The van der Waals surface area contributed by atoms with Gasteiger partial charge in [-0.15, -0.1) is 0 Å². The topological polar surface area (TPSA) is 35.6 Å². The molecule has 3 rings (SSSR count). The van der Waals surface area contributed by atoms with Crippen molar-refractivity contribution in [1.29, 1.82) is 0 Å². The van der Waals surface area contributed by atoms with E-state index in [9.17, 15) is 4.79 Å². The van der Waals surface area contributed by atoms with Gasteiger partial charge in [0, 0.05) is 41.4 Å². The molecule has 2 aromatic rings. The highest BCUT2D eigenvalue weighted by Gasteiger charge is 2.19. The minimum Gasteiger partial charge on any atom is -0.320 e. The molecule has 0 bridgehead atoms. The third-order valence-corrected chi connectivity index (χ3v) is 5.95. The van der Waals surface area contributed by atoms with Gasteiger partial charge >= 0.3 is 6.03 Å². The van der Waals surface area contributed by atoms with Crippen molar-refractivity contribution in [1.82, 2.24) is 9.80 Å². The highest BCUT2D eigenvalue weighted by Crippen LogP contribution is 2.19. The van der Waals surface area contributed by atoms with Crippen LogP contribution < -0.4 is 5.32 Å². The molecule has 2 aromatic carbocycles. The first-order valence-electron chi connectivity index (χ1n) is 10.3. The van der Waals surface area contributed by atoms with Crippen LogP contribution in [0, 0.1) is 0 Å². The molecule has 1 fully saturated rings. The van der Waals surface area contributed by atoms with Gasteiger partial charge in [0.2, 0.25) is 0 Å². The van der Waals surface area contributed by atoms with Gasteiger partial charge < -0.3 is 15.1 Å². The van der Waals surface area contributed by atoms with Gasteiger partial charge in [0.05, 0.1) is 0 Å². The molecule has 4 nitrogen and oxygen atoms in total. The lowest BCUT2D eigenvalue weighted by Gasteiger charge is -2.34. The second-order valence-corrected chi connectivity index (χ2v) is 8.60. The first kappa shape index (κ1) is 21.9. The molecule has 2 amide bonds. The van der Waals surface area contributed by atoms with Crippen molar-refractivity contribution in [3.63, 3.8) is 0 Å². The van der Waals surface area contributed by atoms with E-state index in [0.717, 1.165) is 25.1 Å². The van der Waals surface area contributed by atoms with Crippen LogP contribution in [0.4, 0.5) is 10.5 Å². The van der Waals surface area contributed by atoms with Gasteiger partial charge in [-0.3, -0.25) is 0 Å². The predicted octanol–water partition coefficient (Wildman–Crippen LogP) is 6.29. The number of amides is 2. The number of rotatable bonds is 7. The van der Waals surface area contributed by atoms with Crippen molar-refractivity contribution in [2.75, 3.05) is 25.0 Å². The molecular weight excluding hydrogens is 405 g/mol. The summed E-state index contributed by atoms with van der Waals surface area (Å²) in [4.78, 5) is 17.4. The number of piperidine rings is 1. The quantitative estimate of drug-likeness (QED) is 0.556. The van der Waals surface area contributed by atoms with Gasteiger partial charge in [-0.25, -0.2) is 4.79 Å². The molecule has 0 radical (unpaired) electrons. The number of urea groups is 1. The Morgan fingerprint density at radius 3 is 2.66 bits per heavy atom. The third-order valence-electron chi connectivity index (χ3n) is 5.46. The lowest BCUT2D eigenvalue weighted by atomic mass is 10.0. The highest BCUT2D eigenvalue weighted by atomic mass is 35.5. The van der Waals surface area contributed by atoms with E-state index in [4.69, 9.17) is 23.2 Å². The molecule has 0 spiro atoms. The van der Waals surface area contributed by atoms with E-state index in [1.165, 1.54) is 19.3 Å². The van der Waals surface area contributed by atoms with E-state index in [-0.39, 0.29) is 6.03 Å². The van der Waals surface area contributed by atoms with Crippen LogP contribution in [-0.2, 0) is 6.54 Å². The highest BCUT2D eigenvalue weighted by molar-refractivity contribution is 6.31. The average molecular weight is 434 g/mol. The molecule has 1 atom stereocenters. The molecule has 1 aliphatic rings. The molecule has 1 N–H and O–H groups in total. The average Bonchev–Trinajstić information content (AvgIpc) is 2.70. The molecule has 29 heavy (non-hydrogen) atoms. The normalized spacial score (nSPS) is 17.1. The Morgan fingerprint density at radius 2 is 1.93 bits per heavy atom. The standard InChI is InChI=1S/C23H29Cl2N3O/c1-18-6-2-3-13-27(18)14-5-15-28(17-19-9-11-20(24)12-10-19)23(29)26-22-8-4-7-21(25)16-22/h4,7-12,16,18H,2-3,5-6,13-15,17H2,1H3,(H,26,29). The molecule has 6 heteroatoms. The minimum absolute atomic E-state index is 0.117. The Kier molecular flexibility index (Phi) is 8.22. The Bertz CT molecular complexity index is 797. The van der Waals surface area contributed by atoms with Crippen LogP contribution in [0.1, 0.15) is 38.2 Å². The van der Waals surface area contributed by atoms with Crippen molar-refractivity contribution in [2.24, 2.45) is 0 Å². The van der Waals surface area contributed by atoms with Crippen LogP contribution in [0.5, 0.6) is 0 Å². The number of carbonyl (C=O) groups excluding carboxylic acids is 1. The van der Waals surface area contributed by atoms with Crippen LogP contribution in [0.2, 0.25) is 10.0 Å². The van der Waals surface area contributed by atoms with Crippen molar-refractivity contribution in [2.45, 2.75) is 45.2 Å². The Hall–Kier alpha value is -1.75. The van der Waals surface area contributed by atoms with Crippen LogP contribution in [0.25, 0.3) is 0 Å². The second kappa shape index (κ2) is 10.9. The summed E-state index contributed by atoms with van der Waals surface area (Å²) in [7, 11) is 0. The van der Waals surface area contributed by atoms with Gasteiger partial charge in [-0.2, -0.15) is 0 Å². The largest absolute Gasteiger partial charge is 0.322 e. The number of hydrogen-bond acceptors (Lipinski definition) is 2. The summed E-state index contributed by atoms with van der Waals surface area (Å²) in [6, 6.07) is 15.4. The van der Waals surface area contributed by atoms with Crippen molar-refractivity contribution in [3.8, 4) is 0 Å². The van der Waals surface area contributed by atoms with E-state index >= 15 is 0 Å². The number of nitrogens with zero attached hydrogens (tertiary/aromatic N) is 2. The molecule has 0 aromatic heterocycles. The van der Waals surface area contributed by atoms with E-state index in [1.807, 2.05) is 41.3 Å². The monoisotopic (exact) mass is 433 g/mol. The number of carbonyl (C=O) groups is 1. The summed E-state index contributed by atoms with van der Waals surface area (Å²) >= 11 is 12.1. The summed E-state index contributed by atoms with van der Waals surface area (Å²) in [6.07, 6.45) is 4.81. The Morgan fingerprint density at radius 1 is 1.14 bits per heavy atom. The number of benzene rings is 2. The van der Waals surface area contributed by atoms with Crippen molar-refractivity contribution >= 4 is 34.9 Å². The molecule has 1 saturated heterocycles. The number of nitrogens with one attached hydrogen (secondary N) is 1. The first-order chi connectivity index (χ1) is 14.0. The van der Waals surface area contributed by atoms with Gasteiger partial charge in [0.1, 0.15) is 0 Å². The maximum Gasteiger partial charge on any atom is 0.322 e. The maximum atomic E-state index is 13.0. The fourth-order valence-corrected chi connectivity index (χ4v) is 4.10. The lowest BCUT2D eigenvalue weighted by molar-refractivity contribution is 0.150. The molecular formula is C23H29Cl2N3O. The first-order valence-corrected chi connectivity index (χ1v) is 11.1. The summed E-state index contributed by atoms with van der Waals surface area (Å²) in [6.45, 7) is 5.71. The zero-order chi connectivity index (χ0) is 20.6. The fraction of sp³-hybridized carbons (Fsp3) is 0.435. The number of likely N-dealkylation sites (tertiary alicyclic amines) is 1. The number of halogens is 2.